The lowest BCUT2D eigenvalue weighted by atomic mass is 9.96. The van der Waals surface area contributed by atoms with Crippen molar-refractivity contribution in [2.45, 2.75) is 39.1 Å². The Labute approximate surface area is 193 Å². The standard InChI is InChI=1S/C24H26N4O4S/c1-17-8-5-6-10-22(17)33(31,32)28-15-18(14-27(23(29)30)16-24(2,3)4)12-21(28)19-9-7-11-26-20(19)13-25/h5-12,15H,14,16H2,1-4H3,(H,29,30). The minimum Gasteiger partial charge on any atom is -0.465 e. The average molecular weight is 467 g/mol. The highest BCUT2D eigenvalue weighted by atomic mass is 32.2. The SMILES string of the molecule is Cc1ccccc1S(=O)(=O)n1cc(CN(CC(C)(C)C)C(=O)O)cc1-c1cccnc1C#N. The van der Waals surface area contributed by atoms with E-state index in [1.165, 1.54) is 23.4 Å². The number of aromatic nitrogens is 2. The monoisotopic (exact) mass is 466 g/mol. The highest BCUT2D eigenvalue weighted by molar-refractivity contribution is 7.90. The fourth-order valence-corrected chi connectivity index (χ4v) is 5.24. The third-order valence-corrected chi connectivity index (χ3v) is 6.81. The lowest BCUT2D eigenvalue weighted by Crippen LogP contribution is -2.36. The van der Waals surface area contributed by atoms with Crippen LogP contribution in [0.25, 0.3) is 11.3 Å². The first-order chi connectivity index (χ1) is 15.4. The van der Waals surface area contributed by atoms with E-state index in [1.54, 1.807) is 43.3 Å². The normalized spacial score (nSPS) is 11.7. The van der Waals surface area contributed by atoms with Gasteiger partial charge >= 0.3 is 6.09 Å². The van der Waals surface area contributed by atoms with Crippen LogP contribution in [-0.4, -0.2) is 40.0 Å². The number of amides is 1. The Morgan fingerprint density at radius 3 is 2.52 bits per heavy atom. The van der Waals surface area contributed by atoms with Crippen molar-refractivity contribution in [3.8, 4) is 17.3 Å². The highest BCUT2D eigenvalue weighted by Crippen LogP contribution is 2.30. The second kappa shape index (κ2) is 9.08. The minimum atomic E-state index is -4.03. The molecule has 1 N–H and O–H groups in total. The molecule has 3 aromatic rings. The van der Waals surface area contributed by atoms with Crippen LogP contribution in [0, 0.1) is 23.7 Å². The summed E-state index contributed by atoms with van der Waals surface area (Å²) in [6.45, 7) is 7.75. The fourth-order valence-electron chi connectivity index (χ4n) is 3.62. The van der Waals surface area contributed by atoms with Crippen molar-refractivity contribution in [2.75, 3.05) is 6.54 Å². The number of hydrogen-bond acceptors (Lipinski definition) is 5. The molecule has 0 saturated heterocycles. The second-order valence-electron chi connectivity index (χ2n) is 9.01. The molecule has 0 fully saturated rings. The van der Waals surface area contributed by atoms with Crippen LogP contribution in [0.2, 0.25) is 0 Å². The molecule has 0 atom stereocenters. The molecule has 2 aromatic heterocycles. The van der Waals surface area contributed by atoms with E-state index in [0.717, 1.165) is 3.97 Å². The molecule has 0 aliphatic rings. The number of benzene rings is 1. The summed E-state index contributed by atoms with van der Waals surface area (Å²) in [5.74, 6) is 0. The second-order valence-corrected chi connectivity index (χ2v) is 10.8. The molecule has 0 aliphatic heterocycles. The zero-order valence-electron chi connectivity index (χ0n) is 19.0. The van der Waals surface area contributed by atoms with Gasteiger partial charge in [-0.3, -0.25) is 0 Å². The van der Waals surface area contributed by atoms with Gasteiger partial charge in [-0.15, -0.1) is 0 Å². The van der Waals surface area contributed by atoms with Crippen molar-refractivity contribution >= 4 is 16.1 Å². The number of hydrogen-bond donors (Lipinski definition) is 1. The van der Waals surface area contributed by atoms with Crippen molar-refractivity contribution in [1.82, 2.24) is 13.9 Å². The van der Waals surface area contributed by atoms with Crippen molar-refractivity contribution in [3.63, 3.8) is 0 Å². The minimum absolute atomic E-state index is 0.00194. The molecule has 1 amide bonds. The third kappa shape index (κ3) is 5.23. The van der Waals surface area contributed by atoms with Gasteiger partial charge in [0, 0.05) is 24.5 Å². The molecule has 3 rings (SSSR count). The molecule has 1 aromatic carbocycles. The van der Waals surface area contributed by atoms with Gasteiger partial charge in [-0.05, 0) is 47.7 Å². The maximum atomic E-state index is 13.6. The van der Waals surface area contributed by atoms with Crippen LogP contribution in [0.15, 0.2) is 59.8 Å². The van der Waals surface area contributed by atoms with Crippen LogP contribution in [0.3, 0.4) is 0 Å². The van der Waals surface area contributed by atoms with E-state index in [9.17, 15) is 23.6 Å². The Morgan fingerprint density at radius 2 is 1.91 bits per heavy atom. The Kier molecular flexibility index (Phi) is 6.60. The number of aryl methyl sites for hydroxylation is 1. The molecule has 0 radical (unpaired) electrons. The van der Waals surface area contributed by atoms with Gasteiger partial charge in [-0.1, -0.05) is 39.0 Å². The smallest absolute Gasteiger partial charge is 0.407 e. The summed E-state index contributed by atoms with van der Waals surface area (Å²) in [5.41, 5.74) is 1.45. The van der Waals surface area contributed by atoms with Crippen LogP contribution in [0.5, 0.6) is 0 Å². The molecule has 0 bridgehead atoms. The topological polar surface area (TPSA) is 116 Å². The number of nitriles is 1. The molecule has 9 heteroatoms. The van der Waals surface area contributed by atoms with E-state index >= 15 is 0 Å². The zero-order valence-corrected chi connectivity index (χ0v) is 19.8. The van der Waals surface area contributed by atoms with Crippen LogP contribution in [0.1, 0.15) is 37.6 Å². The Bertz CT molecular complexity index is 1330. The quantitative estimate of drug-likeness (QED) is 0.572. The van der Waals surface area contributed by atoms with Gasteiger partial charge in [-0.25, -0.2) is 22.2 Å². The van der Waals surface area contributed by atoms with Crippen LogP contribution >= 0.6 is 0 Å². The highest BCUT2D eigenvalue weighted by Gasteiger charge is 2.27. The van der Waals surface area contributed by atoms with Gasteiger partial charge in [0.25, 0.3) is 10.0 Å². The Balaban J connectivity index is 2.20. The van der Waals surface area contributed by atoms with E-state index in [4.69, 9.17) is 0 Å². The van der Waals surface area contributed by atoms with Gasteiger partial charge in [0.1, 0.15) is 11.8 Å². The zero-order chi connectivity index (χ0) is 24.4. The summed E-state index contributed by atoms with van der Waals surface area (Å²) >= 11 is 0. The van der Waals surface area contributed by atoms with Crippen LogP contribution in [0.4, 0.5) is 4.79 Å². The Morgan fingerprint density at radius 1 is 1.21 bits per heavy atom. The predicted octanol–water partition coefficient (Wildman–Crippen LogP) is 4.49. The van der Waals surface area contributed by atoms with E-state index < -0.39 is 16.1 Å². The lowest BCUT2D eigenvalue weighted by molar-refractivity contribution is 0.123. The van der Waals surface area contributed by atoms with E-state index in [0.29, 0.717) is 16.7 Å². The van der Waals surface area contributed by atoms with Crippen molar-refractivity contribution in [1.29, 1.82) is 5.26 Å². The molecule has 172 valence electrons. The molecule has 0 unspecified atom stereocenters. The number of carboxylic acid groups (broad SMARTS) is 1. The number of pyridine rings is 1. The van der Waals surface area contributed by atoms with Crippen molar-refractivity contribution in [3.05, 3.63) is 71.7 Å². The average Bonchev–Trinajstić information content (AvgIpc) is 3.17. The summed E-state index contributed by atoms with van der Waals surface area (Å²) in [6.07, 6.45) is 1.78. The van der Waals surface area contributed by atoms with E-state index in [1.807, 2.05) is 26.8 Å². The molecule has 0 saturated carbocycles. The van der Waals surface area contributed by atoms with Gasteiger partial charge < -0.3 is 10.0 Å². The fraction of sp³-hybridized carbons (Fsp3) is 0.292. The van der Waals surface area contributed by atoms with Crippen LogP contribution < -0.4 is 0 Å². The van der Waals surface area contributed by atoms with Crippen molar-refractivity contribution in [2.24, 2.45) is 5.41 Å². The summed E-state index contributed by atoms with van der Waals surface area (Å²) in [4.78, 5) is 17.3. The maximum Gasteiger partial charge on any atom is 0.407 e. The van der Waals surface area contributed by atoms with E-state index in [-0.39, 0.29) is 34.8 Å². The predicted molar refractivity (Wildman–Crippen MR) is 124 cm³/mol. The first-order valence-electron chi connectivity index (χ1n) is 10.3. The molecule has 2 heterocycles. The molecule has 0 spiro atoms. The van der Waals surface area contributed by atoms with Gasteiger partial charge in [0.15, 0.2) is 0 Å². The van der Waals surface area contributed by atoms with Gasteiger partial charge in [-0.2, -0.15) is 5.26 Å². The molecule has 33 heavy (non-hydrogen) atoms. The Hall–Kier alpha value is -3.64. The molecular formula is C24H26N4O4S. The van der Waals surface area contributed by atoms with Gasteiger partial charge in [0.05, 0.1) is 17.1 Å². The maximum absolute atomic E-state index is 13.6. The lowest BCUT2D eigenvalue weighted by Gasteiger charge is -2.27. The molecular weight excluding hydrogens is 440 g/mol. The summed E-state index contributed by atoms with van der Waals surface area (Å²) in [7, 11) is -4.03. The number of carbonyl (C=O) groups is 1. The van der Waals surface area contributed by atoms with E-state index in [2.05, 4.69) is 4.98 Å². The molecule has 0 aliphatic carbocycles. The number of rotatable bonds is 6. The summed E-state index contributed by atoms with van der Waals surface area (Å²) in [6, 6.07) is 13.5. The largest absolute Gasteiger partial charge is 0.465 e. The van der Waals surface area contributed by atoms with Crippen LogP contribution in [-0.2, 0) is 16.6 Å². The first-order valence-corrected chi connectivity index (χ1v) is 11.7. The van der Waals surface area contributed by atoms with Gasteiger partial charge in [0.2, 0.25) is 0 Å². The summed E-state index contributed by atoms with van der Waals surface area (Å²) < 4.78 is 28.4. The first kappa shape index (κ1) is 24.0. The number of nitrogens with zero attached hydrogens (tertiary/aromatic N) is 4. The summed E-state index contributed by atoms with van der Waals surface area (Å²) in [5, 5.41) is 19.2. The van der Waals surface area contributed by atoms with Crippen molar-refractivity contribution < 1.29 is 18.3 Å². The molecule has 8 nitrogen and oxygen atoms in total. The third-order valence-electron chi connectivity index (χ3n) is 4.97.